The van der Waals surface area contributed by atoms with Crippen LogP contribution in [0.5, 0.6) is 0 Å². The van der Waals surface area contributed by atoms with Crippen molar-refractivity contribution in [3.63, 3.8) is 0 Å². The molecule has 4 heteroatoms. The molecule has 0 aliphatic heterocycles. The lowest BCUT2D eigenvalue weighted by molar-refractivity contribution is -0.114. The summed E-state index contributed by atoms with van der Waals surface area (Å²) in [4.78, 5) is 17.5. The lowest BCUT2D eigenvalue weighted by Crippen LogP contribution is -2.21. The smallest absolute Gasteiger partial charge is 0.221 e. The fraction of sp³-hybridized carbons (Fsp3) is 0.294. The van der Waals surface area contributed by atoms with Crippen LogP contribution in [-0.4, -0.2) is 29.4 Å². The second-order valence-corrected chi connectivity index (χ2v) is 5.18. The van der Waals surface area contributed by atoms with Crippen molar-refractivity contribution < 1.29 is 4.79 Å². The summed E-state index contributed by atoms with van der Waals surface area (Å²) in [5.74, 6) is -0.0399. The molecule has 1 amide bonds. The maximum Gasteiger partial charge on any atom is 0.221 e. The van der Waals surface area contributed by atoms with E-state index in [4.69, 9.17) is 0 Å². The van der Waals surface area contributed by atoms with E-state index < -0.39 is 0 Å². The molecular weight excluding hydrogens is 262 g/mol. The second-order valence-electron chi connectivity index (χ2n) is 5.18. The third-order valence-electron chi connectivity index (χ3n) is 3.30. The monoisotopic (exact) mass is 283 g/mol. The lowest BCUT2D eigenvalue weighted by Gasteiger charge is -2.19. The number of para-hydroxylation sites is 1. The van der Waals surface area contributed by atoms with E-state index in [2.05, 4.69) is 22.2 Å². The van der Waals surface area contributed by atoms with Gasteiger partial charge in [-0.15, -0.1) is 0 Å². The molecule has 110 valence electrons. The number of amides is 1. The Bertz CT molecular complexity index is 584. The van der Waals surface area contributed by atoms with E-state index in [9.17, 15) is 4.79 Å². The summed E-state index contributed by atoms with van der Waals surface area (Å²) in [6, 6.07) is 12.0. The summed E-state index contributed by atoms with van der Waals surface area (Å²) >= 11 is 0. The molecule has 1 heterocycles. The van der Waals surface area contributed by atoms with Crippen molar-refractivity contribution >= 4 is 11.6 Å². The van der Waals surface area contributed by atoms with Crippen molar-refractivity contribution in [1.29, 1.82) is 0 Å². The first-order valence-electron chi connectivity index (χ1n) is 7.08. The summed E-state index contributed by atoms with van der Waals surface area (Å²) < 4.78 is 0. The van der Waals surface area contributed by atoms with Crippen molar-refractivity contribution in [3.8, 4) is 0 Å². The summed E-state index contributed by atoms with van der Waals surface area (Å²) in [5, 5.41) is 2.88. The van der Waals surface area contributed by atoms with Gasteiger partial charge in [-0.25, -0.2) is 0 Å². The number of aromatic nitrogens is 1. The highest BCUT2D eigenvalue weighted by atomic mass is 16.1. The zero-order valence-corrected chi connectivity index (χ0v) is 12.5. The molecular formula is C17H21N3O. The molecule has 0 saturated carbocycles. The van der Waals surface area contributed by atoms with Crippen LogP contribution in [0, 0.1) is 0 Å². The molecule has 0 aliphatic carbocycles. The molecule has 2 rings (SSSR count). The van der Waals surface area contributed by atoms with Crippen molar-refractivity contribution in [3.05, 3.63) is 59.9 Å². The van der Waals surface area contributed by atoms with Crippen LogP contribution in [-0.2, 0) is 17.8 Å². The van der Waals surface area contributed by atoms with Gasteiger partial charge in [0.25, 0.3) is 0 Å². The Morgan fingerprint density at radius 3 is 2.62 bits per heavy atom. The Balaban J connectivity index is 1.93. The number of carbonyl (C=O) groups is 1. The van der Waals surface area contributed by atoms with Gasteiger partial charge in [0.05, 0.1) is 0 Å². The molecule has 0 saturated heterocycles. The third kappa shape index (κ3) is 5.00. The number of hydrogen-bond donors (Lipinski definition) is 1. The van der Waals surface area contributed by atoms with Gasteiger partial charge in [0.1, 0.15) is 0 Å². The van der Waals surface area contributed by atoms with Crippen molar-refractivity contribution in [2.24, 2.45) is 0 Å². The summed E-state index contributed by atoms with van der Waals surface area (Å²) in [7, 11) is 2.09. The summed E-state index contributed by atoms with van der Waals surface area (Å²) in [6.07, 6.45) is 4.63. The topological polar surface area (TPSA) is 45.2 Å². The molecule has 1 N–H and O–H groups in total. The van der Waals surface area contributed by atoms with E-state index in [-0.39, 0.29) is 5.91 Å². The molecule has 4 nitrogen and oxygen atoms in total. The minimum absolute atomic E-state index is 0.0399. The van der Waals surface area contributed by atoms with Crippen LogP contribution in [0.3, 0.4) is 0 Å². The number of nitrogens with one attached hydrogen (secondary N) is 1. The fourth-order valence-electron chi connectivity index (χ4n) is 2.21. The molecule has 0 unspecified atom stereocenters. The Morgan fingerprint density at radius 1 is 1.19 bits per heavy atom. The van der Waals surface area contributed by atoms with E-state index in [0.29, 0.717) is 0 Å². The van der Waals surface area contributed by atoms with Crippen molar-refractivity contribution in [1.82, 2.24) is 9.88 Å². The molecule has 0 bridgehead atoms. The number of anilines is 1. The van der Waals surface area contributed by atoms with Gasteiger partial charge in [0, 0.05) is 38.1 Å². The largest absolute Gasteiger partial charge is 0.326 e. The molecule has 2 aromatic rings. The average Bonchev–Trinajstić information content (AvgIpc) is 2.48. The number of hydrogen-bond acceptors (Lipinski definition) is 3. The minimum atomic E-state index is -0.0399. The van der Waals surface area contributed by atoms with Gasteiger partial charge >= 0.3 is 0 Å². The standard InChI is InChI=1S/C17H21N3O/c1-14(21)19-17-6-4-3-5-16(17)13-20(2)12-9-15-7-10-18-11-8-15/h3-8,10-11H,9,12-13H2,1-2H3,(H,19,21). The molecule has 1 aromatic heterocycles. The predicted molar refractivity (Wildman–Crippen MR) is 85.0 cm³/mol. The van der Waals surface area contributed by atoms with Crippen LogP contribution in [0.1, 0.15) is 18.1 Å². The molecule has 0 spiro atoms. The maximum absolute atomic E-state index is 11.2. The SMILES string of the molecule is CC(=O)Nc1ccccc1CN(C)CCc1ccncc1. The van der Waals surface area contributed by atoms with Gasteiger partial charge in [-0.1, -0.05) is 18.2 Å². The second kappa shape index (κ2) is 7.55. The predicted octanol–water partition coefficient (Wildman–Crippen LogP) is 2.71. The van der Waals surface area contributed by atoms with Crippen molar-refractivity contribution in [2.75, 3.05) is 18.9 Å². The van der Waals surface area contributed by atoms with Crippen LogP contribution in [0.2, 0.25) is 0 Å². The number of benzene rings is 1. The number of rotatable bonds is 6. The first kappa shape index (κ1) is 15.2. The number of pyridine rings is 1. The fourth-order valence-corrected chi connectivity index (χ4v) is 2.21. The van der Waals surface area contributed by atoms with Gasteiger partial charge in [-0.3, -0.25) is 9.78 Å². The molecule has 21 heavy (non-hydrogen) atoms. The Morgan fingerprint density at radius 2 is 1.90 bits per heavy atom. The van der Waals surface area contributed by atoms with E-state index in [1.165, 1.54) is 12.5 Å². The van der Waals surface area contributed by atoms with E-state index in [1.807, 2.05) is 48.8 Å². The van der Waals surface area contributed by atoms with E-state index in [0.717, 1.165) is 30.8 Å². The van der Waals surface area contributed by atoms with Crippen molar-refractivity contribution in [2.45, 2.75) is 19.9 Å². The Labute approximate surface area is 125 Å². The van der Waals surface area contributed by atoms with Crippen LogP contribution in [0.25, 0.3) is 0 Å². The first-order valence-corrected chi connectivity index (χ1v) is 7.08. The highest BCUT2D eigenvalue weighted by molar-refractivity contribution is 5.89. The molecule has 0 aliphatic rings. The van der Waals surface area contributed by atoms with Crippen LogP contribution < -0.4 is 5.32 Å². The first-order chi connectivity index (χ1) is 10.1. The van der Waals surface area contributed by atoms with E-state index >= 15 is 0 Å². The summed E-state index contributed by atoms with van der Waals surface area (Å²) in [5.41, 5.74) is 3.30. The third-order valence-corrected chi connectivity index (χ3v) is 3.30. The van der Waals surface area contributed by atoms with Gasteiger partial charge in [-0.2, -0.15) is 0 Å². The normalized spacial score (nSPS) is 10.6. The zero-order chi connectivity index (χ0) is 15.1. The van der Waals surface area contributed by atoms with Gasteiger partial charge in [-0.05, 0) is 42.8 Å². The number of carbonyl (C=O) groups excluding carboxylic acids is 1. The molecule has 1 aromatic carbocycles. The quantitative estimate of drug-likeness (QED) is 0.886. The molecule has 0 fully saturated rings. The highest BCUT2D eigenvalue weighted by Gasteiger charge is 2.06. The zero-order valence-electron chi connectivity index (χ0n) is 12.5. The van der Waals surface area contributed by atoms with E-state index in [1.54, 1.807) is 0 Å². The number of likely N-dealkylation sites (N-methyl/N-ethyl adjacent to an activating group) is 1. The summed E-state index contributed by atoms with van der Waals surface area (Å²) in [6.45, 7) is 3.30. The Hall–Kier alpha value is -2.20. The number of nitrogens with zero attached hydrogens (tertiary/aromatic N) is 2. The molecule has 0 radical (unpaired) electrons. The highest BCUT2D eigenvalue weighted by Crippen LogP contribution is 2.16. The molecule has 0 atom stereocenters. The van der Waals surface area contributed by atoms with Gasteiger partial charge in [0.15, 0.2) is 0 Å². The Kier molecular flexibility index (Phi) is 5.46. The average molecular weight is 283 g/mol. The maximum atomic E-state index is 11.2. The minimum Gasteiger partial charge on any atom is -0.326 e. The van der Waals surface area contributed by atoms with Gasteiger partial charge < -0.3 is 10.2 Å². The van der Waals surface area contributed by atoms with Crippen LogP contribution in [0.15, 0.2) is 48.8 Å². The van der Waals surface area contributed by atoms with Crippen LogP contribution in [0.4, 0.5) is 5.69 Å². The lowest BCUT2D eigenvalue weighted by atomic mass is 10.1. The van der Waals surface area contributed by atoms with Gasteiger partial charge in [0.2, 0.25) is 5.91 Å². The van der Waals surface area contributed by atoms with Crippen LogP contribution >= 0.6 is 0 Å².